The first kappa shape index (κ1) is 27.1. The van der Waals surface area contributed by atoms with E-state index in [0.29, 0.717) is 23.6 Å². The molecule has 2 heterocycles. The number of ether oxygens (including phenoxy) is 1. The molecule has 208 valence electrons. The van der Waals surface area contributed by atoms with Gasteiger partial charge in [-0.05, 0) is 62.4 Å². The average molecular weight is 548 g/mol. The van der Waals surface area contributed by atoms with E-state index < -0.39 is 46.9 Å². The summed E-state index contributed by atoms with van der Waals surface area (Å²) in [6.45, 7) is 3.75. The number of nitrogens with one attached hydrogen (secondary N) is 1. The van der Waals surface area contributed by atoms with E-state index in [2.05, 4.69) is 5.32 Å². The monoisotopic (exact) mass is 547 g/mol. The van der Waals surface area contributed by atoms with Gasteiger partial charge in [0, 0.05) is 23.1 Å². The van der Waals surface area contributed by atoms with Crippen molar-refractivity contribution in [2.45, 2.75) is 56.4 Å². The van der Waals surface area contributed by atoms with Crippen molar-refractivity contribution in [2.75, 3.05) is 13.2 Å². The van der Waals surface area contributed by atoms with Crippen molar-refractivity contribution < 1.29 is 36.7 Å². The van der Waals surface area contributed by atoms with Gasteiger partial charge >= 0.3 is 6.18 Å². The van der Waals surface area contributed by atoms with E-state index in [4.69, 9.17) is 10.5 Å². The second-order valence-corrected chi connectivity index (χ2v) is 11.1. The highest BCUT2D eigenvalue weighted by Crippen LogP contribution is 2.49. The van der Waals surface area contributed by atoms with Crippen molar-refractivity contribution in [2.24, 2.45) is 17.6 Å². The Morgan fingerprint density at radius 1 is 1.05 bits per heavy atom. The van der Waals surface area contributed by atoms with Crippen LogP contribution in [0.3, 0.4) is 0 Å². The minimum atomic E-state index is -4.70. The summed E-state index contributed by atoms with van der Waals surface area (Å²) in [5.74, 6) is -2.66. The first-order valence-corrected chi connectivity index (χ1v) is 12.8. The van der Waals surface area contributed by atoms with Crippen molar-refractivity contribution in [3.63, 3.8) is 0 Å². The second kappa shape index (κ2) is 9.62. The third-order valence-corrected chi connectivity index (χ3v) is 8.18. The minimum absolute atomic E-state index is 0.0629. The smallest absolute Gasteiger partial charge is 0.381 e. The van der Waals surface area contributed by atoms with E-state index in [1.807, 2.05) is 0 Å². The van der Waals surface area contributed by atoms with Crippen LogP contribution in [-0.4, -0.2) is 47.9 Å². The van der Waals surface area contributed by atoms with Crippen LogP contribution in [0.4, 0.5) is 17.6 Å². The molecule has 2 aliphatic heterocycles. The number of carbonyl (C=O) groups excluding carboxylic acids is 3. The van der Waals surface area contributed by atoms with Gasteiger partial charge in [-0.25, -0.2) is 4.39 Å². The van der Waals surface area contributed by atoms with Gasteiger partial charge in [-0.3, -0.25) is 14.4 Å². The molecule has 2 aromatic carbocycles. The lowest BCUT2D eigenvalue weighted by Crippen LogP contribution is -2.51. The summed E-state index contributed by atoms with van der Waals surface area (Å²) >= 11 is 0. The Kier molecular flexibility index (Phi) is 6.69. The van der Waals surface area contributed by atoms with Crippen LogP contribution in [0.2, 0.25) is 0 Å². The second-order valence-electron chi connectivity index (χ2n) is 11.1. The summed E-state index contributed by atoms with van der Waals surface area (Å²) in [6.07, 6.45) is -3.51. The lowest BCUT2D eigenvalue weighted by atomic mass is 9.83. The zero-order valence-electron chi connectivity index (χ0n) is 21.4. The Labute approximate surface area is 222 Å². The molecular formula is C28H29F4N3O4. The third kappa shape index (κ3) is 4.99. The average Bonchev–Trinajstić information content (AvgIpc) is 3.50. The molecule has 0 radical (unpaired) electrons. The molecule has 0 spiro atoms. The molecule has 3 fully saturated rings. The number of nitrogens with zero attached hydrogens (tertiary/aromatic N) is 1. The lowest BCUT2D eigenvalue weighted by Gasteiger charge is -2.36. The van der Waals surface area contributed by atoms with E-state index >= 15 is 0 Å². The maximum atomic E-state index is 14.9. The molecule has 3 amide bonds. The molecule has 2 saturated heterocycles. The molecular weight excluding hydrogens is 518 g/mol. The van der Waals surface area contributed by atoms with Gasteiger partial charge in [0.2, 0.25) is 11.8 Å². The first-order chi connectivity index (χ1) is 18.3. The molecule has 1 saturated carbocycles. The van der Waals surface area contributed by atoms with Crippen LogP contribution in [0.15, 0.2) is 42.5 Å². The maximum absolute atomic E-state index is 14.9. The van der Waals surface area contributed by atoms with Gasteiger partial charge in [0.15, 0.2) is 0 Å². The maximum Gasteiger partial charge on any atom is 0.416 e. The van der Waals surface area contributed by atoms with Gasteiger partial charge in [-0.2, -0.15) is 13.2 Å². The summed E-state index contributed by atoms with van der Waals surface area (Å²) in [6, 6.07) is 6.98. The quantitative estimate of drug-likeness (QED) is 0.516. The Bertz CT molecular complexity index is 1320. The Balaban J connectivity index is 1.39. The number of halogens is 4. The SMILES string of the molecule is CC(C)(C(N)=O)c1cccc(C(=O)N2[C@@H](C(=O)N[C@@H](c3ccc(C(F)(F)F)cc3F)C3COC3)CC3C[C@H]32)c1. The van der Waals surface area contributed by atoms with Gasteiger partial charge in [-0.15, -0.1) is 0 Å². The number of rotatable bonds is 7. The normalized spacial score (nSPS) is 23.5. The number of likely N-dealkylation sites (tertiary alicyclic amines) is 1. The third-order valence-electron chi connectivity index (χ3n) is 8.18. The van der Waals surface area contributed by atoms with Crippen molar-refractivity contribution in [1.82, 2.24) is 10.2 Å². The number of primary amides is 1. The number of hydrogen-bond donors (Lipinski definition) is 2. The molecule has 11 heteroatoms. The Morgan fingerprint density at radius 2 is 1.77 bits per heavy atom. The summed E-state index contributed by atoms with van der Waals surface area (Å²) in [4.78, 5) is 40.6. The van der Waals surface area contributed by atoms with Crippen molar-refractivity contribution >= 4 is 17.7 Å². The van der Waals surface area contributed by atoms with E-state index in [0.717, 1.165) is 18.6 Å². The fourth-order valence-electron chi connectivity index (χ4n) is 5.42. The van der Waals surface area contributed by atoms with Gasteiger partial charge in [0.1, 0.15) is 11.9 Å². The van der Waals surface area contributed by atoms with Crippen LogP contribution < -0.4 is 11.1 Å². The lowest BCUT2D eigenvalue weighted by molar-refractivity contribution is -0.138. The highest BCUT2D eigenvalue weighted by Gasteiger charge is 2.56. The molecule has 0 aromatic heterocycles. The summed E-state index contributed by atoms with van der Waals surface area (Å²) in [5.41, 5.74) is 4.22. The number of carbonyl (C=O) groups is 3. The number of piperidine rings is 1. The van der Waals surface area contributed by atoms with Crippen molar-refractivity contribution in [1.29, 1.82) is 0 Å². The van der Waals surface area contributed by atoms with E-state index in [1.165, 1.54) is 4.90 Å². The van der Waals surface area contributed by atoms with Crippen LogP contribution in [0, 0.1) is 17.7 Å². The van der Waals surface area contributed by atoms with Crippen LogP contribution in [0.1, 0.15) is 59.8 Å². The van der Waals surface area contributed by atoms with Crippen LogP contribution in [-0.2, 0) is 25.9 Å². The minimum Gasteiger partial charge on any atom is -0.381 e. The Hall–Kier alpha value is -3.47. The standard InChI is InChI=1S/C28H29F4N3O4/c1-27(2,26(33)38)17-5-3-4-14(8-17)25(37)35-21-9-15(21)10-22(35)24(36)34-23(16-12-39-13-16)19-7-6-18(11-20(19)29)28(30,31)32/h3-8,11,15-16,21-23H,9-10,12-13H2,1-2H3,(H2,33,38)(H,34,36)/t15?,21-,22-,23-/m1/s1. The number of benzene rings is 2. The summed E-state index contributed by atoms with van der Waals surface area (Å²) < 4.78 is 59.3. The first-order valence-electron chi connectivity index (χ1n) is 12.8. The molecule has 2 aromatic rings. The fraction of sp³-hybridized carbons (Fsp3) is 0.464. The predicted molar refractivity (Wildman–Crippen MR) is 132 cm³/mol. The zero-order valence-corrected chi connectivity index (χ0v) is 21.4. The molecule has 39 heavy (non-hydrogen) atoms. The van der Waals surface area contributed by atoms with E-state index in [-0.39, 0.29) is 42.6 Å². The number of alkyl halides is 3. The van der Waals surface area contributed by atoms with Crippen LogP contribution in [0.25, 0.3) is 0 Å². The Morgan fingerprint density at radius 3 is 2.36 bits per heavy atom. The molecule has 0 bridgehead atoms. The highest BCUT2D eigenvalue weighted by atomic mass is 19.4. The number of hydrogen-bond acceptors (Lipinski definition) is 4. The molecule has 1 unspecified atom stereocenters. The highest BCUT2D eigenvalue weighted by molar-refractivity contribution is 5.99. The zero-order chi connectivity index (χ0) is 28.3. The van der Waals surface area contributed by atoms with E-state index in [1.54, 1.807) is 38.1 Å². The predicted octanol–water partition coefficient (Wildman–Crippen LogP) is 3.71. The molecule has 5 rings (SSSR count). The van der Waals surface area contributed by atoms with Gasteiger partial charge < -0.3 is 20.7 Å². The van der Waals surface area contributed by atoms with Gasteiger partial charge in [0.05, 0.1) is 30.2 Å². The van der Waals surface area contributed by atoms with Crippen LogP contribution >= 0.6 is 0 Å². The van der Waals surface area contributed by atoms with Crippen LogP contribution in [0.5, 0.6) is 0 Å². The fourth-order valence-corrected chi connectivity index (χ4v) is 5.42. The van der Waals surface area contributed by atoms with Crippen molar-refractivity contribution in [3.05, 3.63) is 70.5 Å². The number of fused-ring (bicyclic) bond motifs is 1. The molecule has 7 nitrogen and oxygen atoms in total. The molecule has 1 aliphatic carbocycles. The number of nitrogens with two attached hydrogens (primary N) is 1. The summed E-state index contributed by atoms with van der Waals surface area (Å²) in [7, 11) is 0. The summed E-state index contributed by atoms with van der Waals surface area (Å²) in [5, 5.41) is 2.81. The van der Waals surface area contributed by atoms with Gasteiger partial charge in [0.25, 0.3) is 5.91 Å². The number of amides is 3. The topological polar surface area (TPSA) is 102 Å². The molecule has 3 N–H and O–H groups in total. The molecule has 3 aliphatic rings. The molecule has 4 atom stereocenters. The van der Waals surface area contributed by atoms with E-state index in [9.17, 15) is 31.9 Å². The van der Waals surface area contributed by atoms with Crippen molar-refractivity contribution in [3.8, 4) is 0 Å². The largest absolute Gasteiger partial charge is 0.416 e. The van der Waals surface area contributed by atoms with Gasteiger partial charge in [-0.1, -0.05) is 18.2 Å².